The summed E-state index contributed by atoms with van der Waals surface area (Å²) in [6.07, 6.45) is 4.20. The van der Waals surface area contributed by atoms with Gasteiger partial charge in [0.05, 0.1) is 0 Å². The molecule has 78 valence electrons. The van der Waals surface area contributed by atoms with Gasteiger partial charge in [-0.3, -0.25) is 0 Å². The molecule has 1 fully saturated rings. The van der Waals surface area contributed by atoms with Crippen molar-refractivity contribution in [3.05, 3.63) is 0 Å². The molecule has 1 aliphatic rings. The first-order valence-corrected chi connectivity index (χ1v) is 5.79. The lowest BCUT2D eigenvalue weighted by Gasteiger charge is -2.25. The molecule has 0 aliphatic carbocycles. The van der Waals surface area contributed by atoms with Crippen molar-refractivity contribution in [1.82, 2.24) is 10.2 Å². The third-order valence-electron chi connectivity index (χ3n) is 3.15. The topological polar surface area (TPSA) is 15.3 Å². The van der Waals surface area contributed by atoms with Crippen LogP contribution >= 0.6 is 0 Å². The monoisotopic (exact) mass is 184 g/mol. The predicted octanol–water partition coefficient (Wildman–Crippen LogP) is 1.72. The molecule has 2 heteroatoms. The van der Waals surface area contributed by atoms with E-state index in [0.717, 1.165) is 5.92 Å². The highest BCUT2D eigenvalue weighted by molar-refractivity contribution is 4.70. The van der Waals surface area contributed by atoms with E-state index in [9.17, 15) is 0 Å². The van der Waals surface area contributed by atoms with Gasteiger partial charge in [0.15, 0.2) is 0 Å². The molecule has 13 heavy (non-hydrogen) atoms. The van der Waals surface area contributed by atoms with E-state index in [2.05, 4.69) is 24.1 Å². The Morgan fingerprint density at radius 1 is 1.31 bits per heavy atom. The zero-order valence-corrected chi connectivity index (χ0v) is 9.18. The molecule has 1 aliphatic heterocycles. The van der Waals surface area contributed by atoms with Crippen molar-refractivity contribution in [3.63, 3.8) is 0 Å². The zero-order chi connectivity index (χ0) is 9.52. The SMILES string of the molecule is CCN(CC)CC[C@@H]1CCCNC1. The van der Waals surface area contributed by atoms with E-state index in [1.807, 2.05) is 0 Å². The normalized spacial score (nSPS) is 23.8. The second-order valence-corrected chi connectivity index (χ2v) is 4.03. The molecule has 0 aromatic heterocycles. The Balaban J connectivity index is 2.09. The van der Waals surface area contributed by atoms with Gasteiger partial charge < -0.3 is 10.2 Å². The molecule has 0 aromatic carbocycles. The summed E-state index contributed by atoms with van der Waals surface area (Å²) < 4.78 is 0. The first kappa shape index (κ1) is 11.0. The fourth-order valence-corrected chi connectivity index (χ4v) is 2.08. The lowest BCUT2D eigenvalue weighted by molar-refractivity contribution is 0.255. The number of piperidine rings is 1. The van der Waals surface area contributed by atoms with Crippen molar-refractivity contribution in [3.8, 4) is 0 Å². The van der Waals surface area contributed by atoms with E-state index in [1.165, 1.54) is 52.0 Å². The fourth-order valence-electron chi connectivity index (χ4n) is 2.08. The molecule has 0 unspecified atom stereocenters. The molecule has 0 saturated carbocycles. The van der Waals surface area contributed by atoms with Gasteiger partial charge in [0.25, 0.3) is 0 Å². The summed E-state index contributed by atoms with van der Waals surface area (Å²) in [6, 6.07) is 0. The molecular formula is C11H24N2. The van der Waals surface area contributed by atoms with Gasteiger partial charge in [0.1, 0.15) is 0 Å². The minimum Gasteiger partial charge on any atom is -0.316 e. The second kappa shape index (κ2) is 6.39. The molecule has 1 saturated heterocycles. The third kappa shape index (κ3) is 4.10. The summed E-state index contributed by atoms with van der Waals surface area (Å²) in [4.78, 5) is 2.52. The molecule has 1 N–H and O–H groups in total. The molecule has 1 heterocycles. The lowest BCUT2D eigenvalue weighted by atomic mass is 9.96. The Morgan fingerprint density at radius 2 is 2.08 bits per heavy atom. The molecule has 0 bridgehead atoms. The number of hydrogen-bond acceptors (Lipinski definition) is 2. The van der Waals surface area contributed by atoms with Crippen LogP contribution in [0, 0.1) is 5.92 Å². The van der Waals surface area contributed by atoms with Crippen molar-refractivity contribution in [2.75, 3.05) is 32.7 Å². The van der Waals surface area contributed by atoms with Gasteiger partial charge in [-0.2, -0.15) is 0 Å². The van der Waals surface area contributed by atoms with E-state index >= 15 is 0 Å². The fraction of sp³-hybridized carbons (Fsp3) is 1.00. The van der Waals surface area contributed by atoms with Crippen molar-refractivity contribution in [1.29, 1.82) is 0 Å². The highest BCUT2D eigenvalue weighted by atomic mass is 15.1. The molecule has 0 amide bonds. The number of hydrogen-bond donors (Lipinski definition) is 1. The molecule has 2 nitrogen and oxygen atoms in total. The first-order valence-electron chi connectivity index (χ1n) is 5.79. The van der Waals surface area contributed by atoms with Crippen LogP contribution in [0.4, 0.5) is 0 Å². The summed E-state index contributed by atoms with van der Waals surface area (Å²) in [6.45, 7) is 10.7. The van der Waals surface area contributed by atoms with Gasteiger partial charge in [-0.15, -0.1) is 0 Å². The Hall–Kier alpha value is -0.0800. The maximum Gasteiger partial charge on any atom is -0.00159 e. The van der Waals surface area contributed by atoms with Crippen molar-refractivity contribution < 1.29 is 0 Å². The number of nitrogens with one attached hydrogen (secondary N) is 1. The molecule has 0 radical (unpaired) electrons. The number of rotatable bonds is 5. The zero-order valence-electron chi connectivity index (χ0n) is 9.18. The van der Waals surface area contributed by atoms with Crippen LogP contribution in [-0.4, -0.2) is 37.6 Å². The van der Waals surface area contributed by atoms with Crippen LogP contribution < -0.4 is 5.32 Å². The van der Waals surface area contributed by atoms with Crippen molar-refractivity contribution >= 4 is 0 Å². The summed E-state index contributed by atoms with van der Waals surface area (Å²) in [5.41, 5.74) is 0. The molecular weight excluding hydrogens is 160 g/mol. The third-order valence-corrected chi connectivity index (χ3v) is 3.15. The second-order valence-electron chi connectivity index (χ2n) is 4.03. The Bertz CT molecular complexity index is 115. The Kier molecular flexibility index (Phi) is 5.40. The highest BCUT2D eigenvalue weighted by Gasteiger charge is 2.13. The van der Waals surface area contributed by atoms with E-state index in [0.29, 0.717) is 0 Å². The summed E-state index contributed by atoms with van der Waals surface area (Å²) >= 11 is 0. The van der Waals surface area contributed by atoms with E-state index < -0.39 is 0 Å². The molecule has 1 rings (SSSR count). The van der Waals surface area contributed by atoms with Gasteiger partial charge in [-0.25, -0.2) is 0 Å². The largest absolute Gasteiger partial charge is 0.316 e. The maximum absolute atomic E-state index is 3.48. The number of nitrogens with zero attached hydrogens (tertiary/aromatic N) is 1. The lowest BCUT2D eigenvalue weighted by Crippen LogP contribution is -2.33. The van der Waals surface area contributed by atoms with Crippen LogP contribution in [0.3, 0.4) is 0 Å². The quantitative estimate of drug-likeness (QED) is 0.700. The van der Waals surface area contributed by atoms with Gasteiger partial charge in [-0.05, 0) is 57.9 Å². The van der Waals surface area contributed by atoms with Crippen molar-refractivity contribution in [2.24, 2.45) is 5.92 Å². The van der Waals surface area contributed by atoms with Crippen LogP contribution in [0.2, 0.25) is 0 Å². The first-order chi connectivity index (χ1) is 6.36. The van der Waals surface area contributed by atoms with Crippen molar-refractivity contribution in [2.45, 2.75) is 33.1 Å². The Morgan fingerprint density at radius 3 is 2.62 bits per heavy atom. The van der Waals surface area contributed by atoms with Gasteiger partial charge in [-0.1, -0.05) is 13.8 Å². The van der Waals surface area contributed by atoms with Crippen LogP contribution in [-0.2, 0) is 0 Å². The van der Waals surface area contributed by atoms with E-state index in [-0.39, 0.29) is 0 Å². The predicted molar refractivity (Wildman–Crippen MR) is 58.0 cm³/mol. The van der Waals surface area contributed by atoms with Gasteiger partial charge in [0, 0.05) is 0 Å². The Labute approximate surface area is 82.7 Å². The minimum absolute atomic E-state index is 0.939. The average Bonchev–Trinajstić information content (AvgIpc) is 2.21. The molecule has 0 spiro atoms. The summed E-state index contributed by atoms with van der Waals surface area (Å²) in [5.74, 6) is 0.939. The van der Waals surface area contributed by atoms with Crippen LogP contribution in [0.15, 0.2) is 0 Å². The van der Waals surface area contributed by atoms with E-state index in [1.54, 1.807) is 0 Å². The van der Waals surface area contributed by atoms with Crippen LogP contribution in [0.25, 0.3) is 0 Å². The summed E-state index contributed by atoms with van der Waals surface area (Å²) in [5, 5.41) is 3.48. The standard InChI is InChI=1S/C11H24N2/c1-3-13(4-2)9-7-11-6-5-8-12-10-11/h11-12H,3-10H2,1-2H3/t11-/m0/s1. The van der Waals surface area contributed by atoms with Gasteiger partial charge in [0.2, 0.25) is 0 Å². The molecule has 1 atom stereocenters. The van der Waals surface area contributed by atoms with Crippen LogP contribution in [0.1, 0.15) is 33.1 Å². The summed E-state index contributed by atoms with van der Waals surface area (Å²) in [7, 11) is 0. The van der Waals surface area contributed by atoms with Crippen LogP contribution in [0.5, 0.6) is 0 Å². The van der Waals surface area contributed by atoms with Gasteiger partial charge >= 0.3 is 0 Å². The maximum atomic E-state index is 3.48. The smallest absolute Gasteiger partial charge is 0.00159 e. The molecule has 0 aromatic rings. The van der Waals surface area contributed by atoms with E-state index in [4.69, 9.17) is 0 Å². The highest BCUT2D eigenvalue weighted by Crippen LogP contribution is 2.14. The average molecular weight is 184 g/mol. The minimum atomic E-state index is 0.939.